The lowest BCUT2D eigenvalue weighted by molar-refractivity contribution is 0.833. The molecule has 0 amide bonds. The molecule has 0 N–H and O–H groups in total. The van der Waals surface area contributed by atoms with Crippen molar-refractivity contribution in [3.63, 3.8) is 0 Å². The summed E-state index contributed by atoms with van der Waals surface area (Å²) < 4.78 is 1.69. The average Bonchev–Trinajstić information content (AvgIpc) is 2.69. The number of rotatable bonds is 1. The third-order valence-electron chi connectivity index (χ3n) is 2.64. The van der Waals surface area contributed by atoms with E-state index in [4.69, 9.17) is 0 Å². The van der Waals surface area contributed by atoms with E-state index in [1.165, 1.54) is 4.52 Å². The van der Waals surface area contributed by atoms with Gasteiger partial charge in [0.1, 0.15) is 5.69 Å². The number of nitrogens with zero attached hydrogens (tertiary/aromatic N) is 3. The van der Waals surface area contributed by atoms with Crippen LogP contribution in [0.3, 0.4) is 0 Å². The molecule has 3 aromatic rings. The predicted octanol–water partition coefficient (Wildman–Crippen LogP) is 0.367. The average molecular weight is 271 g/mol. The van der Waals surface area contributed by atoms with Gasteiger partial charge in [-0.25, -0.2) is 0 Å². The Labute approximate surface area is 111 Å². The minimum Gasteiger partial charge on any atom is -0.266 e. The van der Waals surface area contributed by atoms with Crippen molar-refractivity contribution in [3.05, 3.63) is 66.8 Å². The molecule has 19 heavy (non-hydrogen) atoms. The van der Waals surface area contributed by atoms with E-state index in [1.54, 1.807) is 13.0 Å². The Kier molecular flexibility index (Phi) is 2.72. The molecule has 0 aliphatic rings. The largest absolute Gasteiger partial charge is 0.295 e. The van der Waals surface area contributed by atoms with Gasteiger partial charge >= 0.3 is 0 Å². The van der Waals surface area contributed by atoms with E-state index in [0.29, 0.717) is 9.49 Å². The van der Waals surface area contributed by atoms with Crippen molar-refractivity contribution < 1.29 is 0 Å². The van der Waals surface area contributed by atoms with Crippen LogP contribution in [0.4, 0.5) is 0 Å². The van der Waals surface area contributed by atoms with Crippen LogP contribution in [-0.2, 0) is 0 Å². The minimum absolute atomic E-state index is 0.221. The van der Waals surface area contributed by atoms with Gasteiger partial charge in [0.15, 0.2) is 0 Å². The summed E-state index contributed by atoms with van der Waals surface area (Å²) in [5.74, 6) is 0. The molecule has 0 bridgehead atoms. The zero-order valence-electron chi connectivity index (χ0n) is 10.0. The van der Waals surface area contributed by atoms with Crippen molar-refractivity contribution in [1.82, 2.24) is 14.6 Å². The third-order valence-corrected chi connectivity index (χ3v) is 3.60. The Morgan fingerprint density at radius 3 is 2.68 bits per heavy atom. The van der Waals surface area contributed by atoms with Crippen molar-refractivity contribution in [3.8, 4) is 0 Å². The van der Waals surface area contributed by atoms with E-state index in [2.05, 4.69) is 10.1 Å². The number of aromatic nitrogens is 3. The Morgan fingerprint density at radius 2 is 1.95 bits per heavy atom. The van der Waals surface area contributed by atoms with Gasteiger partial charge in [0, 0.05) is 0 Å². The molecule has 94 valence electrons. The van der Waals surface area contributed by atoms with E-state index in [-0.39, 0.29) is 11.3 Å². The highest BCUT2D eigenvalue weighted by Crippen LogP contribution is 2.01. The van der Waals surface area contributed by atoms with Crippen molar-refractivity contribution in [2.45, 2.75) is 6.92 Å². The molecular weight excluding hydrogens is 262 g/mol. The Bertz CT molecular complexity index is 913. The normalized spacial score (nSPS) is 12.2. The second-order valence-electron chi connectivity index (χ2n) is 4.02. The van der Waals surface area contributed by atoms with Gasteiger partial charge < -0.3 is 0 Å². The number of benzene rings is 1. The SMILES string of the molecule is Cc1nn2c(=O)c(=Cc3ccccc3)sc2nc1=O. The molecule has 5 nitrogen and oxygen atoms in total. The predicted molar refractivity (Wildman–Crippen MR) is 73.4 cm³/mol. The molecule has 0 unspecified atom stereocenters. The minimum atomic E-state index is -0.396. The summed E-state index contributed by atoms with van der Waals surface area (Å²) in [7, 11) is 0. The van der Waals surface area contributed by atoms with Crippen LogP contribution < -0.4 is 15.7 Å². The lowest BCUT2D eigenvalue weighted by Gasteiger charge is -1.89. The van der Waals surface area contributed by atoms with E-state index >= 15 is 0 Å². The summed E-state index contributed by atoms with van der Waals surface area (Å²) in [5.41, 5.74) is 0.497. The summed E-state index contributed by atoms with van der Waals surface area (Å²) in [6.07, 6.45) is 1.77. The topological polar surface area (TPSA) is 64.3 Å². The standard InChI is InChI=1S/C13H9N3O2S/c1-8-11(17)14-13-16(15-8)12(18)10(19-13)7-9-5-3-2-4-6-9/h2-7H,1H3. The van der Waals surface area contributed by atoms with Crippen molar-refractivity contribution in [1.29, 1.82) is 0 Å². The molecule has 2 heterocycles. The first kappa shape index (κ1) is 11.7. The zero-order valence-corrected chi connectivity index (χ0v) is 10.8. The van der Waals surface area contributed by atoms with Gasteiger partial charge in [0.05, 0.1) is 4.53 Å². The second-order valence-corrected chi connectivity index (χ2v) is 5.03. The van der Waals surface area contributed by atoms with Crippen molar-refractivity contribution in [2.75, 3.05) is 0 Å². The maximum absolute atomic E-state index is 12.1. The molecule has 3 rings (SSSR count). The van der Waals surface area contributed by atoms with E-state index in [0.717, 1.165) is 16.9 Å². The van der Waals surface area contributed by atoms with Crippen molar-refractivity contribution >= 4 is 22.4 Å². The van der Waals surface area contributed by atoms with E-state index < -0.39 is 5.56 Å². The van der Waals surface area contributed by atoms with Crippen LogP contribution in [-0.4, -0.2) is 14.6 Å². The molecule has 0 aliphatic heterocycles. The number of fused-ring (bicyclic) bond motifs is 1. The summed E-state index contributed by atoms with van der Waals surface area (Å²) in [4.78, 5) is 27.7. The molecule has 0 spiro atoms. The number of hydrogen-bond donors (Lipinski definition) is 0. The van der Waals surface area contributed by atoms with Gasteiger partial charge in [-0.05, 0) is 18.6 Å². The highest BCUT2D eigenvalue weighted by atomic mass is 32.1. The van der Waals surface area contributed by atoms with Gasteiger partial charge in [0.2, 0.25) is 4.96 Å². The number of thiazole rings is 1. The second kappa shape index (κ2) is 4.40. The van der Waals surface area contributed by atoms with Gasteiger partial charge in [-0.2, -0.15) is 14.6 Å². The van der Waals surface area contributed by atoms with E-state index in [1.807, 2.05) is 30.3 Å². The first-order chi connectivity index (χ1) is 9.15. The summed E-state index contributed by atoms with van der Waals surface area (Å²) in [6, 6.07) is 9.50. The van der Waals surface area contributed by atoms with Crippen LogP contribution in [0.1, 0.15) is 11.3 Å². The van der Waals surface area contributed by atoms with Gasteiger partial charge in [0.25, 0.3) is 11.1 Å². The summed E-state index contributed by atoms with van der Waals surface area (Å²) in [6.45, 7) is 1.54. The molecule has 0 atom stereocenters. The molecule has 0 radical (unpaired) electrons. The van der Waals surface area contributed by atoms with Crippen LogP contribution in [0, 0.1) is 6.92 Å². The summed E-state index contributed by atoms with van der Waals surface area (Å²) >= 11 is 1.16. The lowest BCUT2D eigenvalue weighted by Crippen LogP contribution is -2.27. The van der Waals surface area contributed by atoms with Gasteiger partial charge in [-0.15, -0.1) is 0 Å². The fraction of sp³-hybridized carbons (Fsp3) is 0.0769. The molecule has 1 aromatic carbocycles. The monoisotopic (exact) mass is 271 g/mol. The summed E-state index contributed by atoms with van der Waals surface area (Å²) in [5, 5.41) is 3.96. The highest BCUT2D eigenvalue weighted by Gasteiger charge is 2.07. The molecule has 6 heteroatoms. The maximum Gasteiger partial charge on any atom is 0.295 e. The van der Waals surface area contributed by atoms with Crippen LogP contribution in [0.5, 0.6) is 0 Å². The van der Waals surface area contributed by atoms with Crippen LogP contribution in [0.25, 0.3) is 11.0 Å². The zero-order chi connectivity index (χ0) is 13.4. The quantitative estimate of drug-likeness (QED) is 0.641. The number of hydrogen-bond acceptors (Lipinski definition) is 5. The molecule has 2 aromatic heterocycles. The third kappa shape index (κ3) is 2.06. The van der Waals surface area contributed by atoms with Crippen LogP contribution in [0.2, 0.25) is 0 Å². The van der Waals surface area contributed by atoms with Crippen molar-refractivity contribution in [2.24, 2.45) is 0 Å². The molecule has 0 fully saturated rings. The molecular formula is C13H9N3O2S. The molecule has 0 saturated heterocycles. The fourth-order valence-electron chi connectivity index (χ4n) is 1.69. The Hall–Kier alpha value is -2.34. The highest BCUT2D eigenvalue weighted by molar-refractivity contribution is 7.15. The smallest absolute Gasteiger partial charge is 0.266 e. The van der Waals surface area contributed by atoms with Gasteiger partial charge in [-0.1, -0.05) is 41.7 Å². The Morgan fingerprint density at radius 1 is 1.21 bits per heavy atom. The van der Waals surface area contributed by atoms with Gasteiger partial charge in [-0.3, -0.25) is 9.59 Å². The molecule has 0 aliphatic carbocycles. The first-order valence-corrected chi connectivity index (χ1v) is 6.44. The maximum atomic E-state index is 12.1. The lowest BCUT2D eigenvalue weighted by atomic mass is 10.2. The van der Waals surface area contributed by atoms with Crippen LogP contribution in [0.15, 0.2) is 39.9 Å². The number of aryl methyl sites for hydroxylation is 1. The Balaban J connectivity index is 2.33. The first-order valence-electron chi connectivity index (χ1n) is 5.62. The van der Waals surface area contributed by atoms with E-state index in [9.17, 15) is 9.59 Å². The fourth-order valence-corrected chi connectivity index (χ4v) is 2.59. The molecule has 0 saturated carbocycles. The van der Waals surface area contributed by atoms with Crippen LogP contribution >= 0.6 is 11.3 Å².